The summed E-state index contributed by atoms with van der Waals surface area (Å²) in [7, 11) is 0. The summed E-state index contributed by atoms with van der Waals surface area (Å²) in [6, 6.07) is 0. The second-order valence-electron chi connectivity index (χ2n) is 1.73. The van der Waals surface area contributed by atoms with Crippen LogP contribution in [0, 0.1) is 0 Å². The van der Waals surface area contributed by atoms with Gasteiger partial charge in [-0.2, -0.15) is 0 Å². The van der Waals surface area contributed by atoms with E-state index in [-0.39, 0.29) is 0 Å². The Morgan fingerprint density at radius 1 is 1.27 bits per heavy atom. The van der Waals surface area contributed by atoms with E-state index in [0.717, 1.165) is 5.57 Å². The zero-order chi connectivity index (χ0) is 9.11. The van der Waals surface area contributed by atoms with Gasteiger partial charge in [-0.3, -0.25) is 0 Å². The smallest absolute Gasteiger partial charge is 0.0869 e. The molecule has 0 aliphatic carbocycles. The van der Waals surface area contributed by atoms with Crippen LogP contribution in [0.15, 0.2) is 36.2 Å². The summed E-state index contributed by atoms with van der Waals surface area (Å²) in [6.07, 6.45) is 7.57. The topological polar surface area (TPSA) is 0 Å². The summed E-state index contributed by atoms with van der Waals surface area (Å²) in [5.41, 5.74) is 0.913. The van der Waals surface area contributed by atoms with Crippen molar-refractivity contribution in [1.29, 1.82) is 0 Å². The molecule has 0 heterocycles. The van der Waals surface area contributed by atoms with Gasteiger partial charge >= 0.3 is 0 Å². The van der Waals surface area contributed by atoms with Gasteiger partial charge in [0.05, 0.1) is 6.33 Å². The molecule has 0 spiro atoms. The molecule has 64 valence electrons. The summed E-state index contributed by atoms with van der Waals surface area (Å²) < 4.78 is 11.4. The van der Waals surface area contributed by atoms with Crippen LogP contribution in [-0.4, -0.2) is 0 Å². The van der Waals surface area contributed by atoms with E-state index in [2.05, 4.69) is 0 Å². The van der Waals surface area contributed by atoms with Crippen LogP contribution < -0.4 is 0 Å². The predicted molar refractivity (Wildman–Crippen MR) is 50.2 cm³/mol. The van der Waals surface area contributed by atoms with Crippen molar-refractivity contribution in [3.63, 3.8) is 0 Å². The average molecular weight is 156 g/mol. The van der Waals surface area contributed by atoms with E-state index < -0.39 is 0 Å². The molecule has 0 unspecified atom stereocenters. The normalized spacial score (nSPS) is 11.9. The van der Waals surface area contributed by atoms with E-state index in [1.54, 1.807) is 0 Å². The second kappa shape index (κ2) is 11.9. The van der Waals surface area contributed by atoms with Crippen molar-refractivity contribution in [2.75, 3.05) is 0 Å². The maximum atomic E-state index is 11.4. The summed E-state index contributed by atoms with van der Waals surface area (Å²) in [5.74, 6) is 0. The zero-order valence-corrected chi connectivity index (χ0v) is 7.76. The number of hydrogen-bond donors (Lipinski definition) is 0. The molecule has 0 radical (unpaired) electrons. The Morgan fingerprint density at radius 2 is 1.82 bits per heavy atom. The minimum atomic E-state index is 0.537. The molecular formula is C10H17F. The van der Waals surface area contributed by atoms with E-state index in [0.29, 0.717) is 6.33 Å². The minimum Gasteiger partial charge on any atom is -0.216 e. The first kappa shape index (κ1) is 12.8. The summed E-state index contributed by atoms with van der Waals surface area (Å²) >= 11 is 0. The Labute approximate surface area is 69.1 Å². The first-order valence-electron chi connectivity index (χ1n) is 3.87. The highest BCUT2D eigenvalue weighted by Gasteiger charge is 1.74. The van der Waals surface area contributed by atoms with Crippen molar-refractivity contribution in [2.45, 2.75) is 27.7 Å². The minimum absolute atomic E-state index is 0.537. The SMILES string of the molecule is C/C=C/C=C(C)\C=C\F.CC. The summed E-state index contributed by atoms with van der Waals surface area (Å²) in [4.78, 5) is 0. The zero-order valence-electron chi connectivity index (χ0n) is 7.76. The van der Waals surface area contributed by atoms with Crippen LogP contribution in [0.2, 0.25) is 0 Å². The molecule has 0 aromatic heterocycles. The number of hydrogen-bond acceptors (Lipinski definition) is 0. The lowest BCUT2D eigenvalue weighted by atomic mass is 10.3. The molecule has 0 aromatic rings. The number of halogens is 1. The van der Waals surface area contributed by atoms with Crippen LogP contribution in [-0.2, 0) is 0 Å². The van der Waals surface area contributed by atoms with Gasteiger partial charge < -0.3 is 0 Å². The summed E-state index contributed by atoms with van der Waals surface area (Å²) in [5, 5.41) is 0. The van der Waals surface area contributed by atoms with E-state index >= 15 is 0 Å². The molecule has 0 aromatic carbocycles. The lowest BCUT2D eigenvalue weighted by Crippen LogP contribution is -1.62. The highest BCUT2D eigenvalue weighted by Crippen LogP contribution is 1.94. The van der Waals surface area contributed by atoms with Crippen LogP contribution in [0.1, 0.15) is 27.7 Å². The second-order valence-corrected chi connectivity index (χ2v) is 1.73. The lowest BCUT2D eigenvalue weighted by molar-refractivity contribution is 0.720. The van der Waals surface area contributed by atoms with Gasteiger partial charge in [-0.15, -0.1) is 0 Å². The van der Waals surface area contributed by atoms with E-state index in [9.17, 15) is 4.39 Å². The maximum absolute atomic E-state index is 11.4. The van der Waals surface area contributed by atoms with Gasteiger partial charge in [0.25, 0.3) is 0 Å². The third-order valence-corrected chi connectivity index (χ3v) is 0.877. The first-order valence-corrected chi connectivity index (χ1v) is 3.87. The Balaban J connectivity index is 0. The van der Waals surface area contributed by atoms with Crippen LogP contribution in [0.3, 0.4) is 0 Å². The van der Waals surface area contributed by atoms with Crippen molar-refractivity contribution in [3.8, 4) is 0 Å². The van der Waals surface area contributed by atoms with Gasteiger partial charge in [-0.25, -0.2) is 4.39 Å². The highest BCUT2D eigenvalue weighted by molar-refractivity contribution is 5.19. The maximum Gasteiger partial charge on any atom is 0.0869 e. The Kier molecular flexibility index (Phi) is 13.8. The third kappa shape index (κ3) is 12.4. The molecule has 0 aliphatic rings. The Hall–Kier alpha value is -0.850. The molecule has 0 saturated carbocycles. The van der Waals surface area contributed by atoms with Crippen LogP contribution in [0.25, 0.3) is 0 Å². The molecule has 0 amide bonds. The Morgan fingerprint density at radius 3 is 2.18 bits per heavy atom. The van der Waals surface area contributed by atoms with Crippen molar-refractivity contribution in [2.24, 2.45) is 0 Å². The van der Waals surface area contributed by atoms with Crippen LogP contribution >= 0.6 is 0 Å². The molecule has 0 N–H and O–H groups in total. The first-order chi connectivity index (χ1) is 5.31. The van der Waals surface area contributed by atoms with E-state index in [1.807, 2.05) is 45.9 Å². The quantitative estimate of drug-likeness (QED) is 0.530. The molecule has 0 nitrogen and oxygen atoms in total. The third-order valence-electron chi connectivity index (χ3n) is 0.877. The van der Waals surface area contributed by atoms with Crippen molar-refractivity contribution in [3.05, 3.63) is 36.2 Å². The fourth-order valence-electron chi connectivity index (χ4n) is 0.403. The molecule has 0 rings (SSSR count). The molecule has 0 atom stereocenters. The van der Waals surface area contributed by atoms with Gasteiger partial charge in [-0.05, 0) is 25.5 Å². The summed E-state index contributed by atoms with van der Waals surface area (Å²) in [6.45, 7) is 7.76. The molecule has 1 heteroatoms. The molecule has 0 aliphatic heterocycles. The Bertz CT molecular complexity index is 141. The van der Waals surface area contributed by atoms with Crippen LogP contribution in [0.4, 0.5) is 4.39 Å². The van der Waals surface area contributed by atoms with Crippen LogP contribution in [0.5, 0.6) is 0 Å². The van der Waals surface area contributed by atoms with Gasteiger partial charge in [0.2, 0.25) is 0 Å². The molecular weight excluding hydrogens is 139 g/mol. The largest absolute Gasteiger partial charge is 0.216 e. The van der Waals surface area contributed by atoms with Crippen molar-refractivity contribution >= 4 is 0 Å². The lowest BCUT2D eigenvalue weighted by Gasteiger charge is -1.82. The molecule has 0 saturated heterocycles. The van der Waals surface area contributed by atoms with Gasteiger partial charge in [0.15, 0.2) is 0 Å². The van der Waals surface area contributed by atoms with E-state index in [1.165, 1.54) is 6.08 Å². The highest BCUT2D eigenvalue weighted by atomic mass is 19.1. The molecule has 0 fully saturated rings. The van der Waals surface area contributed by atoms with Gasteiger partial charge in [0, 0.05) is 0 Å². The fraction of sp³-hybridized carbons (Fsp3) is 0.400. The molecule has 11 heavy (non-hydrogen) atoms. The average Bonchev–Trinajstić information content (AvgIpc) is 2.05. The molecule has 0 bridgehead atoms. The van der Waals surface area contributed by atoms with E-state index in [4.69, 9.17) is 0 Å². The fourth-order valence-corrected chi connectivity index (χ4v) is 0.403. The van der Waals surface area contributed by atoms with Gasteiger partial charge in [-0.1, -0.05) is 32.1 Å². The predicted octanol–water partition coefficient (Wildman–Crippen LogP) is 4.02. The van der Waals surface area contributed by atoms with Gasteiger partial charge in [0.1, 0.15) is 0 Å². The number of allylic oxidation sites excluding steroid dienone is 5. The van der Waals surface area contributed by atoms with Crippen molar-refractivity contribution in [1.82, 2.24) is 0 Å². The monoisotopic (exact) mass is 156 g/mol. The van der Waals surface area contributed by atoms with Crippen molar-refractivity contribution < 1.29 is 4.39 Å². The number of rotatable bonds is 2. The standard InChI is InChI=1S/C8H11F.C2H6/c1-3-4-5-8(2)6-7-9;1-2/h3-7H,1-2H3;1-2H3/b4-3+,7-6+,8-5-;.